The monoisotopic (exact) mass is 393 g/mol. The van der Waals surface area contributed by atoms with Gasteiger partial charge < -0.3 is 14.1 Å². The summed E-state index contributed by atoms with van der Waals surface area (Å²) < 4.78 is 10.5. The van der Waals surface area contributed by atoms with Gasteiger partial charge in [0.15, 0.2) is 0 Å². The van der Waals surface area contributed by atoms with Crippen LogP contribution in [0.15, 0.2) is 57.7 Å². The fraction of sp³-hybridized carbons (Fsp3) is 0.333. The molecule has 2 heterocycles. The van der Waals surface area contributed by atoms with E-state index in [9.17, 15) is 9.59 Å². The van der Waals surface area contributed by atoms with Crippen molar-refractivity contribution in [3.05, 3.63) is 70.1 Å². The number of fused-ring (bicyclic) bond motifs is 1. The van der Waals surface area contributed by atoms with E-state index in [4.69, 9.17) is 9.15 Å². The van der Waals surface area contributed by atoms with Gasteiger partial charge in [0, 0.05) is 48.7 Å². The number of rotatable bonds is 4. The Morgan fingerprint density at radius 3 is 2.52 bits per heavy atom. The third-order valence-electron chi connectivity index (χ3n) is 5.07. The molecule has 1 amide bonds. The van der Waals surface area contributed by atoms with Gasteiger partial charge >= 0.3 is 5.63 Å². The van der Waals surface area contributed by atoms with Gasteiger partial charge in [-0.3, -0.25) is 4.79 Å². The summed E-state index contributed by atoms with van der Waals surface area (Å²) in [5.74, 6) is 0.346. The molecule has 5 nitrogen and oxygen atoms in total. The zero-order valence-corrected chi connectivity index (χ0v) is 17.4. The summed E-state index contributed by atoms with van der Waals surface area (Å²) in [4.78, 5) is 26.6. The van der Waals surface area contributed by atoms with Crippen LogP contribution in [0.3, 0.4) is 0 Å². The minimum Gasteiger partial charge on any atom is -0.423 e. The number of hydrogen-bond donors (Lipinski definition) is 0. The SMILES string of the molecule is CC.COCC1CN(C(=O)c2ccc3c(-c4ccccc4C)cc(=O)oc3c2)C1. The molecule has 4 rings (SSSR count). The quantitative estimate of drug-likeness (QED) is 0.612. The number of ether oxygens (including phenoxy) is 1. The van der Waals surface area contributed by atoms with Crippen LogP contribution in [-0.4, -0.2) is 37.6 Å². The van der Waals surface area contributed by atoms with E-state index in [1.165, 1.54) is 6.07 Å². The van der Waals surface area contributed by atoms with Crippen molar-refractivity contribution >= 4 is 16.9 Å². The van der Waals surface area contributed by atoms with E-state index in [2.05, 4.69) is 0 Å². The lowest BCUT2D eigenvalue weighted by Crippen LogP contribution is -2.51. The topological polar surface area (TPSA) is 59.8 Å². The molecule has 0 N–H and O–H groups in total. The molecule has 0 unspecified atom stereocenters. The molecule has 1 fully saturated rings. The lowest BCUT2D eigenvalue weighted by molar-refractivity contribution is 0.0270. The lowest BCUT2D eigenvalue weighted by Gasteiger charge is -2.38. The van der Waals surface area contributed by atoms with E-state index in [1.807, 2.05) is 51.1 Å². The molecule has 0 radical (unpaired) electrons. The molecule has 0 bridgehead atoms. The zero-order chi connectivity index (χ0) is 21.0. The van der Waals surface area contributed by atoms with Crippen molar-refractivity contribution < 1.29 is 13.9 Å². The molecule has 0 saturated carbocycles. The highest BCUT2D eigenvalue weighted by molar-refractivity contribution is 6.01. The minimum absolute atomic E-state index is 0.0480. The van der Waals surface area contributed by atoms with Gasteiger partial charge in [-0.2, -0.15) is 0 Å². The predicted octanol–water partition coefficient (Wildman–Crippen LogP) is 4.51. The average molecular weight is 393 g/mol. The van der Waals surface area contributed by atoms with Crippen LogP contribution in [-0.2, 0) is 4.74 Å². The van der Waals surface area contributed by atoms with Crippen LogP contribution >= 0.6 is 0 Å². The van der Waals surface area contributed by atoms with Gasteiger partial charge in [0.05, 0.1) is 6.61 Å². The largest absolute Gasteiger partial charge is 0.423 e. The number of methoxy groups -OCH3 is 1. The molecule has 0 atom stereocenters. The van der Waals surface area contributed by atoms with Crippen LogP contribution in [0.25, 0.3) is 22.1 Å². The second-order valence-electron chi connectivity index (χ2n) is 7.04. The number of likely N-dealkylation sites (tertiary alicyclic amines) is 1. The highest BCUT2D eigenvalue weighted by atomic mass is 16.5. The van der Waals surface area contributed by atoms with Crippen molar-refractivity contribution in [2.24, 2.45) is 5.92 Å². The second kappa shape index (κ2) is 9.05. The van der Waals surface area contributed by atoms with Gasteiger partial charge in [0.25, 0.3) is 5.91 Å². The third kappa shape index (κ3) is 4.25. The molecule has 0 spiro atoms. The number of carbonyl (C=O) groups is 1. The third-order valence-corrected chi connectivity index (χ3v) is 5.07. The number of benzene rings is 2. The van der Waals surface area contributed by atoms with Crippen molar-refractivity contribution in [2.45, 2.75) is 20.8 Å². The summed E-state index contributed by atoms with van der Waals surface area (Å²) in [6.07, 6.45) is 0. The number of nitrogens with zero attached hydrogens (tertiary/aromatic N) is 1. The van der Waals surface area contributed by atoms with Crippen LogP contribution in [0, 0.1) is 12.8 Å². The summed E-state index contributed by atoms with van der Waals surface area (Å²) in [7, 11) is 1.67. The Morgan fingerprint density at radius 1 is 1.10 bits per heavy atom. The lowest BCUT2D eigenvalue weighted by atomic mass is 9.96. The predicted molar refractivity (Wildman–Crippen MR) is 115 cm³/mol. The van der Waals surface area contributed by atoms with Gasteiger partial charge in [-0.25, -0.2) is 4.79 Å². The van der Waals surface area contributed by atoms with Gasteiger partial charge in [0.1, 0.15) is 5.58 Å². The van der Waals surface area contributed by atoms with Gasteiger partial charge in [-0.1, -0.05) is 38.1 Å². The summed E-state index contributed by atoms with van der Waals surface area (Å²) in [6, 6.07) is 14.7. The van der Waals surface area contributed by atoms with Crippen LogP contribution in [0.2, 0.25) is 0 Å². The molecule has 1 aliphatic heterocycles. The van der Waals surface area contributed by atoms with Crippen molar-refractivity contribution in [3.8, 4) is 11.1 Å². The summed E-state index contributed by atoms with van der Waals surface area (Å²) in [5.41, 5.74) is 3.43. The second-order valence-corrected chi connectivity index (χ2v) is 7.04. The first-order valence-electron chi connectivity index (χ1n) is 9.99. The number of carbonyl (C=O) groups excluding carboxylic acids is 1. The molecular formula is C24H27NO4. The van der Waals surface area contributed by atoms with Crippen LogP contribution in [0.4, 0.5) is 0 Å². The summed E-state index contributed by atoms with van der Waals surface area (Å²) in [5, 5.41) is 0.821. The maximum Gasteiger partial charge on any atom is 0.336 e. The summed E-state index contributed by atoms with van der Waals surface area (Å²) >= 11 is 0. The smallest absolute Gasteiger partial charge is 0.336 e. The Balaban J connectivity index is 0.00000117. The van der Waals surface area contributed by atoms with Crippen molar-refractivity contribution in [2.75, 3.05) is 26.8 Å². The van der Waals surface area contributed by atoms with E-state index in [-0.39, 0.29) is 5.91 Å². The number of aryl methyl sites for hydroxylation is 1. The van der Waals surface area contributed by atoms with E-state index in [0.29, 0.717) is 36.8 Å². The molecule has 152 valence electrons. The van der Waals surface area contributed by atoms with Crippen LogP contribution in [0.5, 0.6) is 0 Å². The fourth-order valence-electron chi connectivity index (χ4n) is 3.65. The first-order valence-corrected chi connectivity index (χ1v) is 9.99. The van der Waals surface area contributed by atoms with Crippen LogP contribution < -0.4 is 5.63 Å². The Bertz CT molecular complexity index is 1060. The van der Waals surface area contributed by atoms with E-state index in [0.717, 1.165) is 22.1 Å². The maximum atomic E-state index is 12.7. The first kappa shape index (κ1) is 20.8. The highest BCUT2D eigenvalue weighted by Crippen LogP contribution is 2.30. The van der Waals surface area contributed by atoms with Crippen LogP contribution in [0.1, 0.15) is 29.8 Å². The Hall–Kier alpha value is -2.92. The van der Waals surface area contributed by atoms with E-state index in [1.54, 1.807) is 24.1 Å². The van der Waals surface area contributed by atoms with E-state index >= 15 is 0 Å². The standard InChI is InChI=1S/C22H21NO4.C2H6/c1-14-5-3-4-6-17(14)19-10-21(24)27-20-9-16(7-8-18(19)20)22(25)23-11-15(12-23)13-26-2;1-2/h3-10,15H,11-13H2,1-2H3;1-2H3. The Morgan fingerprint density at radius 2 is 1.83 bits per heavy atom. The molecule has 0 aliphatic carbocycles. The van der Waals surface area contributed by atoms with Gasteiger partial charge in [0.2, 0.25) is 0 Å². The molecule has 5 heteroatoms. The minimum atomic E-state index is -0.422. The Labute approximate surface area is 170 Å². The van der Waals surface area contributed by atoms with Gasteiger partial charge in [-0.05, 0) is 36.2 Å². The molecule has 29 heavy (non-hydrogen) atoms. The molecular weight excluding hydrogens is 366 g/mol. The molecule has 3 aromatic rings. The molecule has 1 saturated heterocycles. The number of amides is 1. The maximum absolute atomic E-state index is 12.7. The first-order chi connectivity index (χ1) is 14.1. The fourth-order valence-corrected chi connectivity index (χ4v) is 3.65. The normalized spacial score (nSPS) is 13.6. The van der Waals surface area contributed by atoms with Gasteiger partial charge in [-0.15, -0.1) is 0 Å². The Kier molecular flexibility index (Phi) is 6.49. The van der Waals surface area contributed by atoms with E-state index < -0.39 is 5.63 Å². The summed E-state index contributed by atoms with van der Waals surface area (Å²) in [6.45, 7) is 8.06. The van der Waals surface area contributed by atoms with Crippen molar-refractivity contribution in [3.63, 3.8) is 0 Å². The average Bonchev–Trinajstić information content (AvgIpc) is 2.70. The van der Waals surface area contributed by atoms with Crippen molar-refractivity contribution in [1.82, 2.24) is 4.90 Å². The highest BCUT2D eigenvalue weighted by Gasteiger charge is 2.31. The zero-order valence-electron chi connectivity index (χ0n) is 17.4. The molecule has 1 aliphatic rings. The van der Waals surface area contributed by atoms with Crippen molar-refractivity contribution in [1.29, 1.82) is 0 Å². The molecule has 1 aromatic heterocycles. The molecule has 2 aromatic carbocycles. The number of hydrogen-bond acceptors (Lipinski definition) is 4.